The second kappa shape index (κ2) is 18.4. The molecule has 340 valence electrons. The van der Waals surface area contributed by atoms with Crippen molar-refractivity contribution in [1.29, 1.82) is 0 Å². The van der Waals surface area contributed by atoms with Crippen molar-refractivity contribution < 1.29 is 37.1 Å². The number of para-hydroxylation sites is 1. The van der Waals surface area contributed by atoms with E-state index in [0.717, 1.165) is 46.3 Å². The lowest BCUT2D eigenvalue weighted by molar-refractivity contribution is -0.0113. The number of nitrogens with zero attached hydrogens (tertiary/aromatic N) is 6. The maximum atomic E-state index is 13.7. The van der Waals surface area contributed by atoms with Crippen LogP contribution < -0.4 is 10.2 Å². The molecule has 1 aliphatic heterocycles. The Hall–Kier alpha value is -5.04. The highest BCUT2D eigenvalue weighted by molar-refractivity contribution is 7.85. The van der Waals surface area contributed by atoms with Gasteiger partial charge in [-0.05, 0) is 92.4 Å². The van der Waals surface area contributed by atoms with Gasteiger partial charge in [0, 0.05) is 54.0 Å². The minimum Gasteiger partial charge on any atom is -0.476 e. The zero-order chi connectivity index (χ0) is 45.4. The Bertz CT molecular complexity index is 2660. The van der Waals surface area contributed by atoms with Crippen molar-refractivity contribution >= 4 is 54.5 Å². The van der Waals surface area contributed by atoms with Gasteiger partial charge in [0.05, 0.1) is 54.6 Å². The third-order valence-electron chi connectivity index (χ3n) is 12.9. The lowest BCUT2D eigenvalue weighted by atomic mass is 9.48. The number of carbonyl (C=O) groups is 2. The average molecular weight is 912 g/mol. The topological polar surface area (TPSA) is 189 Å². The zero-order valence-electron chi connectivity index (χ0n) is 37.0. The van der Waals surface area contributed by atoms with Crippen molar-refractivity contribution in [3.63, 3.8) is 0 Å². The molecule has 0 bridgehead atoms. The van der Waals surface area contributed by atoms with Gasteiger partial charge in [-0.3, -0.25) is 19.3 Å². The number of fused-ring (bicyclic) bond motifs is 3. The maximum absolute atomic E-state index is 13.7. The van der Waals surface area contributed by atoms with Crippen LogP contribution in [0.5, 0.6) is 0 Å². The quantitative estimate of drug-likeness (QED) is 0.0424. The minimum atomic E-state index is -4.00. The lowest BCUT2D eigenvalue weighted by Crippen LogP contribution is -2.49. The summed E-state index contributed by atoms with van der Waals surface area (Å²) in [5.41, 5.74) is 6.65. The number of ether oxygens (including phenoxy) is 2. The summed E-state index contributed by atoms with van der Waals surface area (Å²) in [6.07, 6.45) is 7.50. The van der Waals surface area contributed by atoms with E-state index in [1.807, 2.05) is 71.1 Å². The fourth-order valence-corrected chi connectivity index (χ4v) is 11.7. The van der Waals surface area contributed by atoms with Gasteiger partial charge in [0.2, 0.25) is 0 Å². The Labute approximate surface area is 378 Å². The molecule has 2 aromatic carbocycles. The van der Waals surface area contributed by atoms with Gasteiger partial charge in [-0.25, -0.2) is 14.8 Å². The van der Waals surface area contributed by atoms with E-state index in [-0.39, 0.29) is 40.8 Å². The van der Waals surface area contributed by atoms with Gasteiger partial charge in [0.15, 0.2) is 10.8 Å². The molecular formula is C47H57N7O8S2. The van der Waals surface area contributed by atoms with Gasteiger partial charge in [-0.15, -0.1) is 0 Å². The highest BCUT2D eigenvalue weighted by Crippen LogP contribution is 2.67. The van der Waals surface area contributed by atoms with Crippen molar-refractivity contribution in [2.75, 3.05) is 62.5 Å². The molecule has 0 saturated heterocycles. The number of thiazole rings is 1. The van der Waals surface area contributed by atoms with Crippen LogP contribution in [0.25, 0.3) is 21.3 Å². The number of anilines is 2. The van der Waals surface area contributed by atoms with Crippen LogP contribution in [0.2, 0.25) is 0 Å². The fourth-order valence-electron chi connectivity index (χ4n) is 10.3. The van der Waals surface area contributed by atoms with E-state index in [0.29, 0.717) is 86.0 Å². The molecule has 1 saturated carbocycles. The molecular weight excluding hydrogens is 855 g/mol. The molecule has 3 unspecified atom stereocenters. The van der Waals surface area contributed by atoms with Gasteiger partial charge in [-0.2, -0.15) is 13.5 Å². The number of nitrogens with one attached hydrogen (secondary N) is 1. The summed E-state index contributed by atoms with van der Waals surface area (Å²) in [6, 6.07) is 17.2. The predicted molar refractivity (Wildman–Crippen MR) is 248 cm³/mol. The van der Waals surface area contributed by atoms with Gasteiger partial charge >= 0.3 is 5.97 Å². The summed E-state index contributed by atoms with van der Waals surface area (Å²) < 4.78 is 46.2. The van der Waals surface area contributed by atoms with Gasteiger partial charge in [0.1, 0.15) is 5.82 Å². The Morgan fingerprint density at radius 2 is 1.86 bits per heavy atom. The summed E-state index contributed by atoms with van der Waals surface area (Å²) in [7, 11) is -2.22. The fraction of sp³-hybridized carbons (Fsp3) is 0.468. The van der Waals surface area contributed by atoms with Gasteiger partial charge in [-0.1, -0.05) is 68.0 Å². The molecule has 3 aromatic heterocycles. The molecule has 3 N–H and O–H groups in total. The number of benzene rings is 2. The molecule has 1 fully saturated rings. The molecule has 64 heavy (non-hydrogen) atoms. The first kappa shape index (κ1) is 45.5. The second-order valence-corrected chi connectivity index (χ2v) is 20.8. The normalized spacial score (nSPS) is 20.7. The average Bonchev–Trinajstić information content (AvgIpc) is 3.92. The number of pyridine rings is 1. The van der Waals surface area contributed by atoms with Crippen LogP contribution in [-0.2, 0) is 39.1 Å². The van der Waals surface area contributed by atoms with Crippen LogP contribution in [-0.4, -0.2) is 113 Å². The highest BCUT2D eigenvalue weighted by atomic mass is 32.2. The first-order chi connectivity index (χ1) is 30.5. The zero-order valence-corrected chi connectivity index (χ0v) is 38.7. The van der Waals surface area contributed by atoms with Gasteiger partial charge < -0.3 is 24.4 Å². The Kier molecular flexibility index (Phi) is 13.1. The molecule has 0 spiro atoms. The summed E-state index contributed by atoms with van der Waals surface area (Å²) in [5, 5.41) is 18.9. The first-order valence-electron chi connectivity index (χ1n) is 21.9. The standard InChI is InChI=1S/C47H57N7O8S2/c1-30(2)24-46(4)28-47(25-33(23-40(46)47)62-21-20-61-19-17-52(5)18-22-64(58,59)60)29-54-31(3)36(26-48-54)34-13-14-41(50-42(34)44(56)57)53-16-15-32-9-8-10-35(37(32)27-53)43(55)51-45-49-38-11-6-7-12-39(38)63-45/h6-14,23,26,30,33H,15-22,24-25,27-29H2,1-5H3,(H,56,57)(H,49,51,55)(H,58,59,60). The van der Waals surface area contributed by atoms with Gasteiger partial charge in [0.25, 0.3) is 16.0 Å². The molecule has 3 aliphatic rings. The van der Waals surface area contributed by atoms with E-state index < -0.39 is 16.1 Å². The number of carboxylic acid groups (broad SMARTS) is 1. The third-order valence-corrected chi connectivity index (χ3v) is 14.6. The van der Waals surface area contributed by atoms with Crippen LogP contribution in [0.15, 0.2) is 72.4 Å². The molecule has 8 rings (SSSR count). The lowest BCUT2D eigenvalue weighted by Gasteiger charge is -2.56. The Morgan fingerprint density at radius 3 is 2.62 bits per heavy atom. The van der Waals surface area contributed by atoms with E-state index in [9.17, 15) is 23.1 Å². The summed E-state index contributed by atoms with van der Waals surface area (Å²) in [6.45, 7) is 12.5. The van der Waals surface area contributed by atoms with E-state index in [1.54, 1.807) is 18.1 Å². The molecule has 5 aromatic rings. The van der Waals surface area contributed by atoms with E-state index in [2.05, 4.69) is 37.1 Å². The molecule has 3 atom stereocenters. The number of aromatic carboxylic acids is 1. The van der Waals surface area contributed by atoms with Crippen molar-refractivity contribution in [2.45, 2.75) is 72.6 Å². The predicted octanol–water partition coefficient (Wildman–Crippen LogP) is 7.37. The number of hydrogen-bond donors (Lipinski definition) is 3. The Morgan fingerprint density at radius 1 is 1.05 bits per heavy atom. The van der Waals surface area contributed by atoms with Crippen molar-refractivity contribution in [3.8, 4) is 11.1 Å². The monoisotopic (exact) mass is 911 g/mol. The highest BCUT2D eigenvalue weighted by Gasteiger charge is 2.60. The van der Waals surface area contributed by atoms with Crippen molar-refractivity contribution in [1.82, 2.24) is 24.6 Å². The number of hydrogen-bond acceptors (Lipinski definition) is 12. The molecule has 4 heterocycles. The van der Waals surface area contributed by atoms with Crippen LogP contribution in [0.1, 0.15) is 77.7 Å². The number of likely N-dealkylation sites (N-methyl/N-ethyl adjacent to an activating group) is 1. The van der Waals surface area contributed by atoms with Crippen molar-refractivity contribution in [3.05, 3.63) is 101 Å². The van der Waals surface area contributed by atoms with Crippen LogP contribution in [0.4, 0.5) is 10.9 Å². The molecule has 0 radical (unpaired) electrons. The molecule has 17 heteroatoms. The largest absolute Gasteiger partial charge is 0.476 e. The van der Waals surface area contributed by atoms with Crippen LogP contribution in [0, 0.1) is 23.7 Å². The summed E-state index contributed by atoms with van der Waals surface area (Å²) in [4.78, 5) is 39.7. The number of allylic oxidation sites excluding steroid dienone is 1. The van der Waals surface area contributed by atoms with Crippen molar-refractivity contribution in [2.24, 2.45) is 16.7 Å². The number of carbonyl (C=O) groups excluding carboxylic acids is 1. The van der Waals surface area contributed by atoms with E-state index in [1.165, 1.54) is 16.9 Å². The molecule has 1 amide bonds. The van der Waals surface area contributed by atoms with Crippen LogP contribution >= 0.6 is 11.3 Å². The number of amides is 1. The number of carboxylic acids is 1. The smallest absolute Gasteiger partial charge is 0.355 e. The first-order valence-corrected chi connectivity index (χ1v) is 24.3. The number of aromatic nitrogens is 4. The summed E-state index contributed by atoms with van der Waals surface area (Å²) >= 11 is 1.43. The SMILES string of the molecule is Cc1c(-c2ccc(N3CCc4cccc(C(=O)Nc5nc6ccccc6s5)c4C3)nc2C(=O)O)cnn1CC12CC(OCCOCCN(C)CCS(=O)(=O)O)C=C1C(C)(CC(C)C)C2. The molecule has 2 aliphatic carbocycles. The van der Waals surface area contributed by atoms with E-state index >= 15 is 0 Å². The summed E-state index contributed by atoms with van der Waals surface area (Å²) in [5.74, 6) is -0.644. The minimum absolute atomic E-state index is 0.0471. The van der Waals surface area contributed by atoms with Crippen LogP contribution in [0.3, 0.4) is 0 Å². The van der Waals surface area contributed by atoms with E-state index in [4.69, 9.17) is 24.1 Å². The second-order valence-electron chi connectivity index (χ2n) is 18.2. The Balaban J connectivity index is 0.942. The third kappa shape index (κ3) is 9.79. The number of rotatable bonds is 19. The maximum Gasteiger partial charge on any atom is 0.355 e. The molecule has 15 nitrogen and oxygen atoms in total.